The highest BCUT2D eigenvalue weighted by molar-refractivity contribution is 8.29. The fourth-order valence-electron chi connectivity index (χ4n) is 4.59. The maximum absolute atomic E-state index is 13.1. The van der Waals surface area contributed by atoms with Crippen molar-refractivity contribution in [2.75, 3.05) is 38.2 Å². The summed E-state index contributed by atoms with van der Waals surface area (Å²) >= 11 is 0. The highest BCUT2D eigenvalue weighted by Gasteiger charge is 2.40. The van der Waals surface area contributed by atoms with Gasteiger partial charge in [0.25, 0.3) is 5.91 Å². The second-order valence-corrected chi connectivity index (χ2v) is 15.6. The molecule has 1 N–H and O–H groups in total. The molecule has 4 aromatic rings. The van der Waals surface area contributed by atoms with E-state index in [2.05, 4.69) is 48.7 Å². The van der Waals surface area contributed by atoms with Crippen molar-refractivity contribution in [3.05, 3.63) is 48.9 Å². The van der Waals surface area contributed by atoms with E-state index >= 15 is 0 Å². The number of amides is 1. The maximum atomic E-state index is 13.1. The number of rotatable bonds is 9. The van der Waals surface area contributed by atoms with Gasteiger partial charge in [-0.25, -0.2) is 9.97 Å². The first-order valence-electron chi connectivity index (χ1n) is 13.7. The number of hydrogen-bond donors (Lipinski definition) is 1. The monoisotopic (exact) mass is 593 g/mol. The van der Waals surface area contributed by atoms with Crippen molar-refractivity contribution in [1.29, 1.82) is 0 Å². The summed E-state index contributed by atoms with van der Waals surface area (Å²) in [5, 5.41) is 7.40. The smallest absolute Gasteiger partial charge is 0.250 e. The Labute approximate surface area is 248 Å². The number of carbonyl (C=O) groups excluding carboxylic acids is 1. The Bertz CT molecular complexity index is 1580. The van der Waals surface area contributed by atoms with Crippen molar-refractivity contribution in [3.8, 4) is 22.8 Å². The lowest BCUT2D eigenvalue weighted by atomic mass is 10.1. The lowest BCUT2D eigenvalue weighted by Crippen LogP contribution is -2.37. The molecule has 11 nitrogen and oxygen atoms in total. The molecule has 1 fully saturated rings. The fourth-order valence-corrected chi connectivity index (χ4v) is 5.62. The summed E-state index contributed by atoms with van der Waals surface area (Å²) < 4.78 is 19.3. The fraction of sp³-hybridized carbons (Fsp3) is 0.433. The number of aromatic nitrogens is 5. The first-order valence-corrected chi connectivity index (χ1v) is 16.1. The van der Waals surface area contributed by atoms with E-state index in [1.54, 1.807) is 31.3 Å². The summed E-state index contributed by atoms with van der Waals surface area (Å²) in [7, 11) is 3.61. The third-order valence-corrected chi connectivity index (χ3v) is 11.4. The highest BCUT2D eigenvalue weighted by Crippen LogP contribution is 2.55. The number of carbonyl (C=O) groups is 1. The molecule has 1 aromatic carbocycles. The number of hydrogen-bond acceptors (Lipinski definition) is 9. The van der Waals surface area contributed by atoms with E-state index in [1.165, 1.54) is 0 Å². The molecule has 1 aliphatic heterocycles. The molecule has 4 heterocycles. The molecule has 0 radical (unpaired) electrons. The van der Waals surface area contributed by atoms with Gasteiger partial charge in [0.15, 0.2) is 11.8 Å². The highest BCUT2D eigenvalue weighted by atomic mass is 32.3. The van der Waals surface area contributed by atoms with Crippen LogP contribution in [-0.2, 0) is 16.0 Å². The van der Waals surface area contributed by atoms with Gasteiger partial charge in [0.2, 0.25) is 0 Å². The Morgan fingerprint density at radius 3 is 2.40 bits per heavy atom. The molecule has 5 rings (SSSR count). The third-order valence-electron chi connectivity index (χ3n) is 7.69. The molecular weight excluding hydrogens is 554 g/mol. The van der Waals surface area contributed by atoms with Gasteiger partial charge in [-0.1, -0.05) is 20.8 Å². The van der Waals surface area contributed by atoms with Gasteiger partial charge in [-0.05, 0) is 24.6 Å². The van der Waals surface area contributed by atoms with Gasteiger partial charge in [0.05, 0.1) is 32.3 Å². The van der Waals surface area contributed by atoms with Crippen LogP contribution in [0.3, 0.4) is 0 Å². The van der Waals surface area contributed by atoms with Gasteiger partial charge in [-0.2, -0.15) is 5.10 Å². The van der Waals surface area contributed by atoms with Gasteiger partial charge in [-0.15, -0.1) is 10.3 Å². The predicted molar refractivity (Wildman–Crippen MR) is 167 cm³/mol. The van der Waals surface area contributed by atoms with E-state index in [1.807, 2.05) is 48.5 Å². The summed E-state index contributed by atoms with van der Waals surface area (Å²) in [4.78, 5) is 29.4. The van der Waals surface area contributed by atoms with Crippen LogP contribution in [-0.4, -0.2) is 80.8 Å². The first-order chi connectivity index (χ1) is 19.9. The maximum Gasteiger partial charge on any atom is 0.250 e. The second kappa shape index (κ2) is 11.4. The van der Waals surface area contributed by atoms with Crippen molar-refractivity contribution in [3.63, 3.8) is 0 Å². The van der Waals surface area contributed by atoms with Crippen LogP contribution >= 0.6 is 10.3 Å². The first kappa shape index (κ1) is 29.6. The molecule has 42 heavy (non-hydrogen) atoms. The SMILES string of the molecule is COc1cc(OC)cc(N(CC2CC(OS(C)(C)C(C)(C)C)C(=O)N2)c2ccc3ncc(-c4cnn(C)c4)nc3n2)c1. The number of nitrogens with zero attached hydrogens (tertiary/aromatic N) is 6. The van der Waals surface area contributed by atoms with E-state index in [0.717, 1.165) is 11.3 Å². The largest absolute Gasteiger partial charge is 0.497 e. The lowest BCUT2D eigenvalue weighted by molar-refractivity contribution is -0.124. The van der Waals surface area contributed by atoms with E-state index < -0.39 is 16.4 Å². The summed E-state index contributed by atoms with van der Waals surface area (Å²) in [6.45, 7) is 6.90. The summed E-state index contributed by atoms with van der Waals surface area (Å²) in [6.07, 6.45) is 9.61. The van der Waals surface area contributed by atoms with Crippen molar-refractivity contribution < 1.29 is 18.5 Å². The summed E-state index contributed by atoms with van der Waals surface area (Å²) in [6, 6.07) is 9.29. The molecule has 0 aliphatic carbocycles. The summed E-state index contributed by atoms with van der Waals surface area (Å²) in [5.41, 5.74) is 3.51. The molecule has 3 aromatic heterocycles. The molecular formula is C30H39N7O4S. The molecule has 0 bridgehead atoms. The zero-order valence-corrected chi connectivity index (χ0v) is 26.2. The number of nitrogens with one attached hydrogen (secondary N) is 1. The number of methoxy groups -OCH3 is 2. The van der Waals surface area contributed by atoms with Crippen LogP contribution in [0.25, 0.3) is 22.4 Å². The zero-order chi connectivity index (χ0) is 30.2. The topological polar surface area (TPSA) is 117 Å². The number of benzene rings is 1. The second-order valence-electron chi connectivity index (χ2n) is 11.7. The van der Waals surface area contributed by atoms with Gasteiger partial charge < -0.3 is 23.9 Å². The number of anilines is 2. The van der Waals surface area contributed by atoms with Gasteiger partial charge in [0, 0.05) is 66.4 Å². The Kier molecular flexibility index (Phi) is 8.04. The molecule has 1 saturated heterocycles. The van der Waals surface area contributed by atoms with E-state index in [9.17, 15) is 4.79 Å². The zero-order valence-electron chi connectivity index (χ0n) is 25.4. The average Bonchev–Trinajstić information content (AvgIpc) is 3.54. The number of ether oxygens (including phenoxy) is 2. The van der Waals surface area contributed by atoms with Crippen molar-refractivity contribution >= 4 is 38.9 Å². The Morgan fingerprint density at radius 1 is 1.07 bits per heavy atom. The normalized spacial score (nSPS) is 17.8. The molecule has 12 heteroatoms. The Balaban J connectivity index is 1.51. The van der Waals surface area contributed by atoms with Crippen LogP contribution < -0.4 is 19.7 Å². The Hall–Kier alpha value is -3.90. The van der Waals surface area contributed by atoms with E-state index in [-0.39, 0.29) is 16.7 Å². The van der Waals surface area contributed by atoms with Crippen molar-refractivity contribution in [2.24, 2.45) is 7.05 Å². The van der Waals surface area contributed by atoms with Crippen LogP contribution in [0.15, 0.2) is 48.9 Å². The predicted octanol–water partition coefficient (Wildman–Crippen LogP) is 4.63. The van der Waals surface area contributed by atoms with Gasteiger partial charge in [0.1, 0.15) is 22.8 Å². The van der Waals surface area contributed by atoms with Crippen LogP contribution in [0.2, 0.25) is 0 Å². The summed E-state index contributed by atoms with van der Waals surface area (Å²) in [5.74, 6) is 1.84. The van der Waals surface area contributed by atoms with Crippen molar-refractivity contribution in [2.45, 2.75) is 44.1 Å². The molecule has 2 unspecified atom stereocenters. The molecule has 0 spiro atoms. The minimum absolute atomic E-state index is 0.0563. The number of pyridine rings is 1. The van der Waals surface area contributed by atoms with Crippen molar-refractivity contribution in [1.82, 2.24) is 30.0 Å². The molecule has 1 amide bonds. The standard InChI is InChI=1S/C30H39N7O4S/c1-30(2,3)42(7,8)41-26-11-20(33-29(26)38)18-37(21-12-22(39-5)14-23(13-21)40-6)27-10-9-24-28(35-27)34-25(16-31-24)19-15-32-36(4)17-19/h9-10,12-17,20,26H,11,18H2,1-8H3,(H,33,38). The molecule has 224 valence electrons. The third kappa shape index (κ3) is 6.14. The molecule has 1 aliphatic rings. The molecule has 0 saturated carbocycles. The van der Waals surface area contributed by atoms with E-state index in [0.29, 0.717) is 47.1 Å². The van der Waals surface area contributed by atoms with E-state index in [4.69, 9.17) is 23.6 Å². The van der Waals surface area contributed by atoms with Gasteiger partial charge >= 0.3 is 0 Å². The minimum Gasteiger partial charge on any atom is -0.497 e. The lowest BCUT2D eigenvalue weighted by Gasteiger charge is -2.44. The van der Waals surface area contributed by atoms with Crippen LogP contribution in [0.1, 0.15) is 27.2 Å². The average molecular weight is 594 g/mol. The van der Waals surface area contributed by atoms with Crippen LogP contribution in [0, 0.1) is 0 Å². The number of fused-ring (bicyclic) bond motifs is 1. The van der Waals surface area contributed by atoms with Gasteiger partial charge in [-0.3, -0.25) is 14.5 Å². The minimum atomic E-state index is -1.48. The number of aryl methyl sites for hydroxylation is 1. The van der Waals surface area contributed by atoms with Crippen LogP contribution in [0.4, 0.5) is 11.5 Å². The Morgan fingerprint density at radius 2 is 1.79 bits per heavy atom. The van der Waals surface area contributed by atoms with Crippen LogP contribution in [0.5, 0.6) is 11.5 Å². The molecule has 2 atom stereocenters. The quantitative estimate of drug-likeness (QED) is 0.296.